The van der Waals surface area contributed by atoms with Gasteiger partial charge in [0.15, 0.2) is 0 Å². The van der Waals surface area contributed by atoms with Gasteiger partial charge in [-0.3, -0.25) is 9.78 Å². The first-order valence-corrected chi connectivity index (χ1v) is 8.69. The maximum absolute atomic E-state index is 13.4. The van der Waals surface area contributed by atoms with Crippen LogP contribution in [0, 0.1) is 13.8 Å². The quantitative estimate of drug-likeness (QED) is 0.705. The Morgan fingerprint density at radius 3 is 2.62 bits per heavy atom. The molecule has 136 valence electrons. The predicted molar refractivity (Wildman–Crippen MR) is 103 cm³/mol. The van der Waals surface area contributed by atoms with Gasteiger partial charge in [-0.2, -0.15) is 0 Å². The van der Waals surface area contributed by atoms with Crippen molar-refractivity contribution in [3.8, 4) is 0 Å². The molecule has 2 heterocycles. The zero-order valence-corrected chi connectivity index (χ0v) is 16.0. The highest BCUT2D eigenvalue weighted by Gasteiger charge is 2.28. The van der Waals surface area contributed by atoms with Crippen LogP contribution >= 0.6 is 0 Å². The number of ether oxygens (including phenoxy) is 1. The van der Waals surface area contributed by atoms with Crippen LogP contribution in [0.15, 0.2) is 42.6 Å². The number of fused-ring (bicyclic) bond motifs is 1. The van der Waals surface area contributed by atoms with Crippen molar-refractivity contribution in [2.45, 2.75) is 19.9 Å². The molecular weight excluding hydrogens is 326 g/mol. The molecule has 5 heteroatoms. The van der Waals surface area contributed by atoms with E-state index in [1.807, 2.05) is 49.9 Å². The first kappa shape index (κ1) is 18.1. The Morgan fingerprint density at radius 2 is 2.00 bits per heavy atom. The van der Waals surface area contributed by atoms with Crippen molar-refractivity contribution in [3.63, 3.8) is 0 Å². The van der Waals surface area contributed by atoms with E-state index in [1.165, 1.54) is 0 Å². The molecule has 0 aliphatic carbocycles. The zero-order chi connectivity index (χ0) is 18.8. The zero-order valence-electron chi connectivity index (χ0n) is 16.0. The van der Waals surface area contributed by atoms with E-state index < -0.39 is 0 Å². The summed E-state index contributed by atoms with van der Waals surface area (Å²) in [5, 5.41) is 1.12. The molecule has 1 amide bonds. The van der Waals surface area contributed by atoms with E-state index in [0.29, 0.717) is 12.3 Å². The van der Waals surface area contributed by atoms with Gasteiger partial charge in [0.05, 0.1) is 23.9 Å². The standard InChI is InChI=1S/C21H25N3O2/c1-14-9-8-10-16-15(2)20(24(4)19(14)16)21(25)23(3)18(13-26-5)17-11-6-7-12-22-17/h6-12,18H,13H2,1-5H3. The molecule has 0 saturated heterocycles. The first-order valence-electron chi connectivity index (χ1n) is 8.69. The molecule has 0 radical (unpaired) electrons. The van der Waals surface area contributed by atoms with Crippen LogP contribution in [0.1, 0.15) is 33.4 Å². The van der Waals surface area contributed by atoms with Gasteiger partial charge in [0.25, 0.3) is 5.91 Å². The third kappa shape index (κ3) is 2.99. The van der Waals surface area contributed by atoms with Crippen molar-refractivity contribution in [1.82, 2.24) is 14.5 Å². The highest BCUT2D eigenvalue weighted by Crippen LogP contribution is 2.29. The van der Waals surface area contributed by atoms with Crippen LogP contribution in [0.25, 0.3) is 10.9 Å². The number of pyridine rings is 1. The number of carbonyl (C=O) groups excluding carboxylic acids is 1. The number of methoxy groups -OCH3 is 1. The molecule has 1 aromatic carbocycles. The van der Waals surface area contributed by atoms with E-state index in [2.05, 4.69) is 24.0 Å². The molecule has 26 heavy (non-hydrogen) atoms. The smallest absolute Gasteiger partial charge is 0.271 e. The highest BCUT2D eigenvalue weighted by molar-refractivity contribution is 6.02. The molecule has 0 spiro atoms. The third-order valence-corrected chi connectivity index (χ3v) is 5.01. The number of aryl methyl sites for hydroxylation is 3. The van der Waals surface area contributed by atoms with Gasteiger partial charge in [0, 0.05) is 32.8 Å². The lowest BCUT2D eigenvalue weighted by molar-refractivity contribution is 0.0586. The SMILES string of the molecule is COCC(c1ccccn1)N(C)C(=O)c1c(C)c2cccc(C)c2n1C. The molecule has 0 fully saturated rings. The van der Waals surface area contributed by atoms with Crippen LogP contribution in [0.3, 0.4) is 0 Å². The van der Waals surface area contributed by atoms with Gasteiger partial charge < -0.3 is 14.2 Å². The second-order valence-electron chi connectivity index (χ2n) is 6.65. The van der Waals surface area contributed by atoms with E-state index in [0.717, 1.165) is 27.7 Å². The van der Waals surface area contributed by atoms with Gasteiger partial charge in [-0.05, 0) is 37.1 Å². The Labute approximate surface area is 154 Å². The second-order valence-corrected chi connectivity index (χ2v) is 6.65. The molecule has 0 saturated carbocycles. The predicted octanol–water partition coefficient (Wildman–Crippen LogP) is 3.65. The summed E-state index contributed by atoms with van der Waals surface area (Å²) in [6, 6.07) is 11.6. The summed E-state index contributed by atoms with van der Waals surface area (Å²) in [7, 11) is 5.40. The van der Waals surface area contributed by atoms with Crippen LogP contribution in [0.2, 0.25) is 0 Å². The molecule has 3 aromatic rings. The summed E-state index contributed by atoms with van der Waals surface area (Å²) in [6.07, 6.45) is 1.74. The highest BCUT2D eigenvalue weighted by atomic mass is 16.5. The third-order valence-electron chi connectivity index (χ3n) is 5.01. The maximum atomic E-state index is 13.4. The molecule has 2 aromatic heterocycles. The molecular formula is C21H25N3O2. The monoisotopic (exact) mass is 351 g/mol. The minimum Gasteiger partial charge on any atom is -0.382 e. The van der Waals surface area contributed by atoms with Crippen molar-refractivity contribution in [1.29, 1.82) is 0 Å². The number of aromatic nitrogens is 2. The van der Waals surface area contributed by atoms with Crippen molar-refractivity contribution in [3.05, 3.63) is 65.1 Å². The van der Waals surface area contributed by atoms with Crippen LogP contribution in [0.5, 0.6) is 0 Å². The van der Waals surface area contributed by atoms with Crippen molar-refractivity contribution >= 4 is 16.8 Å². The minimum atomic E-state index is -0.243. The average Bonchev–Trinajstić information content (AvgIpc) is 2.91. The van der Waals surface area contributed by atoms with Gasteiger partial charge in [0.2, 0.25) is 0 Å². The van der Waals surface area contributed by atoms with Crippen molar-refractivity contribution < 1.29 is 9.53 Å². The first-order chi connectivity index (χ1) is 12.5. The Balaban J connectivity index is 2.05. The van der Waals surface area contributed by atoms with E-state index in [1.54, 1.807) is 18.2 Å². The minimum absolute atomic E-state index is 0.0340. The van der Waals surface area contributed by atoms with Crippen LogP contribution in [-0.4, -0.2) is 41.1 Å². The summed E-state index contributed by atoms with van der Waals surface area (Å²) in [6.45, 7) is 4.47. The fraction of sp³-hybridized carbons (Fsp3) is 0.333. The summed E-state index contributed by atoms with van der Waals surface area (Å²) in [5.41, 5.74) is 4.78. The van der Waals surface area contributed by atoms with E-state index in [4.69, 9.17) is 4.74 Å². The number of carbonyl (C=O) groups is 1. The maximum Gasteiger partial charge on any atom is 0.271 e. The molecule has 3 rings (SSSR count). The number of hydrogen-bond donors (Lipinski definition) is 0. The Hall–Kier alpha value is -2.66. The van der Waals surface area contributed by atoms with Gasteiger partial charge in [-0.15, -0.1) is 0 Å². The normalized spacial score (nSPS) is 12.3. The van der Waals surface area contributed by atoms with Crippen LogP contribution in [0.4, 0.5) is 0 Å². The molecule has 0 aliphatic heterocycles. The van der Waals surface area contributed by atoms with E-state index in [-0.39, 0.29) is 11.9 Å². The topological polar surface area (TPSA) is 47.4 Å². The van der Waals surface area contributed by atoms with E-state index in [9.17, 15) is 4.79 Å². The number of hydrogen-bond acceptors (Lipinski definition) is 3. The molecule has 5 nitrogen and oxygen atoms in total. The van der Waals surface area contributed by atoms with Crippen LogP contribution < -0.4 is 0 Å². The number of benzene rings is 1. The summed E-state index contributed by atoms with van der Waals surface area (Å²) >= 11 is 0. The lowest BCUT2D eigenvalue weighted by Gasteiger charge is -2.27. The van der Waals surface area contributed by atoms with Crippen molar-refractivity contribution in [2.24, 2.45) is 7.05 Å². The number of nitrogens with zero attached hydrogens (tertiary/aromatic N) is 3. The van der Waals surface area contributed by atoms with Crippen molar-refractivity contribution in [2.75, 3.05) is 20.8 Å². The number of likely N-dealkylation sites (N-methyl/N-ethyl adjacent to an activating group) is 1. The molecule has 1 atom stereocenters. The second kappa shape index (κ2) is 7.30. The average molecular weight is 351 g/mol. The largest absolute Gasteiger partial charge is 0.382 e. The Kier molecular flexibility index (Phi) is 5.09. The molecule has 0 bridgehead atoms. The summed E-state index contributed by atoms with van der Waals surface area (Å²) in [5.74, 6) is -0.0340. The number of amides is 1. The summed E-state index contributed by atoms with van der Waals surface area (Å²) in [4.78, 5) is 19.5. The molecule has 1 unspecified atom stereocenters. The fourth-order valence-electron chi connectivity index (χ4n) is 3.64. The van der Waals surface area contributed by atoms with E-state index >= 15 is 0 Å². The number of rotatable bonds is 5. The van der Waals surface area contributed by atoms with Gasteiger partial charge in [-0.1, -0.05) is 24.3 Å². The molecule has 0 aliphatic rings. The fourth-order valence-corrected chi connectivity index (χ4v) is 3.64. The molecule has 0 N–H and O–H groups in total. The lowest BCUT2D eigenvalue weighted by atomic mass is 10.1. The number of para-hydroxylation sites is 1. The Bertz CT molecular complexity index is 931. The van der Waals surface area contributed by atoms with Crippen LogP contribution in [-0.2, 0) is 11.8 Å². The lowest BCUT2D eigenvalue weighted by Crippen LogP contribution is -2.35. The Morgan fingerprint density at radius 1 is 1.23 bits per heavy atom. The van der Waals surface area contributed by atoms with Gasteiger partial charge >= 0.3 is 0 Å². The summed E-state index contributed by atoms with van der Waals surface area (Å²) < 4.78 is 7.36. The van der Waals surface area contributed by atoms with Gasteiger partial charge in [-0.25, -0.2) is 0 Å². The van der Waals surface area contributed by atoms with Gasteiger partial charge in [0.1, 0.15) is 5.69 Å².